The third kappa shape index (κ3) is 4.47. The van der Waals surface area contributed by atoms with E-state index in [0.29, 0.717) is 5.02 Å². The van der Waals surface area contributed by atoms with E-state index in [2.05, 4.69) is 15.0 Å². The largest absolute Gasteiger partial charge is 0.353 e. The van der Waals surface area contributed by atoms with Crippen LogP contribution >= 0.6 is 11.6 Å². The van der Waals surface area contributed by atoms with E-state index in [1.54, 1.807) is 17.8 Å². The van der Waals surface area contributed by atoms with Crippen LogP contribution in [0.4, 0.5) is 0 Å². The van der Waals surface area contributed by atoms with Crippen molar-refractivity contribution in [3.8, 4) is 0 Å². The molecule has 0 aliphatic rings. The molecule has 2 N–H and O–H groups in total. The molecule has 1 heterocycles. The van der Waals surface area contributed by atoms with Gasteiger partial charge < -0.3 is 9.88 Å². The van der Waals surface area contributed by atoms with Crippen molar-refractivity contribution in [3.05, 3.63) is 59.9 Å². The summed E-state index contributed by atoms with van der Waals surface area (Å²) in [7, 11) is -3.64. The van der Waals surface area contributed by atoms with Crippen LogP contribution in [0.1, 0.15) is 13.0 Å². The Balaban J connectivity index is 1.54. The first kappa shape index (κ1) is 19.3. The standard InChI is InChI=1S/C18H19ClN4O3S/c1-13(23-12-21-16-4-2-3-5-17(16)23)18(24)20-10-11-22-27(25,26)15-8-6-14(19)7-9-15/h2-9,12-13,22H,10-11H2,1H3,(H,20,24). The van der Waals surface area contributed by atoms with Crippen LogP contribution in [0.25, 0.3) is 11.0 Å². The van der Waals surface area contributed by atoms with Gasteiger partial charge in [-0.3, -0.25) is 4.79 Å². The highest BCUT2D eigenvalue weighted by atomic mass is 35.5. The van der Waals surface area contributed by atoms with Crippen LogP contribution in [0.3, 0.4) is 0 Å². The second kappa shape index (κ2) is 8.08. The number of para-hydroxylation sites is 2. The van der Waals surface area contributed by atoms with E-state index in [9.17, 15) is 13.2 Å². The van der Waals surface area contributed by atoms with Gasteiger partial charge in [-0.1, -0.05) is 23.7 Å². The molecule has 27 heavy (non-hydrogen) atoms. The number of carbonyl (C=O) groups is 1. The first-order valence-electron chi connectivity index (χ1n) is 8.33. The van der Waals surface area contributed by atoms with Gasteiger partial charge in [-0.05, 0) is 43.3 Å². The summed E-state index contributed by atoms with van der Waals surface area (Å²) in [6, 6.07) is 12.9. The number of hydrogen-bond donors (Lipinski definition) is 2. The second-order valence-corrected chi connectivity index (χ2v) is 8.16. The molecule has 0 aliphatic carbocycles. The molecule has 0 fully saturated rings. The third-order valence-corrected chi connectivity index (χ3v) is 5.85. The van der Waals surface area contributed by atoms with Gasteiger partial charge >= 0.3 is 0 Å². The molecule has 0 saturated heterocycles. The van der Waals surface area contributed by atoms with E-state index >= 15 is 0 Å². The summed E-state index contributed by atoms with van der Waals surface area (Å²) in [6.45, 7) is 2.01. The van der Waals surface area contributed by atoms with Crippen LogP contribution < -0.4 is 10.0 Å². The summed E-state index contributed by atoms with van der Waals surface area (Å²) in [5.74, 6) is -0.219. The summed E-state index contributed by atoms with van der Waals surface area (Å²) >= 11 is 5.76. The molecule has 3 aromatic rings. The van der Waals surface area contributed by atoms with Gasteiger partial charge in [0.2, 0.25) is 15.9 Å². The molecule has 9 heteroatoms. The molecule has 1 amide bonds. The van der Waals surface area contributed by atoms with Crippen LogP contribution in [0.15, 0.2) is 59.8 Å². The van der Waals surface area contributed by atoms with Crippen molar-refractivity contribution in [2.45, 2.75) is 17.9 Å². The molecule has 0 bridgehead atoms. The van der Waals surface area contributed by atoms with Crippen molar-refractivity contribution >= 4 is 38.6 Å². The van der Waals surface area contributed by atoms with Crippen LogP contribution in [0.2, 0.25) is 5.02 Å². The van der Waals surface area contributed by atoms with Crippen molar-refractivity contribution in [1.29, 1.82) is 0 Å². The fraction of sp³-hybridized carbons (Fsp3) is 0.222. The number of amides is 1. The topological polar surface area (TPSA) is 93.1 Å². The molecule has 7 nitrogen and oxygen atoms in total. The molecule has 1 atom stereocenters. The van der Waals surface area contributed by atoms with Gasteiger partial charge in [0.15, 0.2) is 0 Å². The molecule has 2 aromatic carbocycles. The summed E-state index contributed by atoms with van der Waals surface area (Å²) in [5.41, 5.74) is 1.68. The van der Waals surface area contributed by atoms with Crippen LogP contribution in [0.5, 0.6) is 0 Å². The van der Waals surface area contributed by atoms with Crippen molar-refractivity contribution < 1.29 is 13.2 Å². The molecule has 3 rings (SSSR count). The van der Waals surface area contributed by atoms with Crippen molar-refractivity contribution in [3.63, 3.8) is 0 Å². The zero-order valence-electron chi connectivity index (χ0n) is 14.6. The smallest absolute Gasteiger partial charge is 0.242 e. The first-order valence-corrected chi connectivity index (χ1v) is 10.2. The van der Waals surface area contributed by atoms with Gasteiger partial charge in [0.05, 0.1) is 22.3 Å². The Bertz CT molecular complexity index is 1050. The van der Waals surface area contributed by atoms with Gasteiger partial charge in [0, 0.05) is 18.1 Å². The fourth-order valence-corrected chi connectivity index (χ4v) is 3.79. The Morgan fingerprint density at radius 3 is 2.59 bits per heavy atom. The van der Waals surface area contributed by atoms with Crippen LogP contribution in [-0.4, -0.2) is 37.0 Å². The number of benzene rings is 2. The number of carbonyl (C=O) groups excluding carboxylic acids is 1. The second-order valence-electron chi connectivity index (χ2n) is 5.96. The predicted molar refractivity (Wildman–Crippen MR) is 104 cm³/mol. The lowest BCUT2D eigenvalue weighted by Crippen LogP contribution is -2.37. The van der Waals surface area contributed by atoms with E-state index in [4.69, 9.17) is 11.6 Å². The molecule has 0 radical (unpaired) electrons. The molecular formula is C18H19ClN4O3S. The average Bonchev–Trinajstić information content (AvgIpc) is 3.09. The minimum Gasteiger partial charge on any atom is -0.353 e. The Labute approximate surface area is 162 Å². The number of fused-ring (bicyclic) bond motifs is 1. The normalized spacial score (nSPS) is 12.8. The number of nitrogens with zero attached hydrogens (tertiary/aromatic N) is 2. The SMILES string of the molecule is CC(C(=O)NCCNS(=O)(=O)c1ccc(Cl)cc1)n1cnc2ccccc21. The highest BCUT2D eigenvalue weighted by molar-refractivity contribution is 7.89. The van der Waals surface area contributed by atoms with Gasteiger partial charge in [0.25, 0.3) is 0 Å². The molecular weight excluding hydrogens is 388 g/mol. The van der Waals surface area contributed by atoms with Crippen molar-refractivity contribution in [2.24, 2.45) is 0 Å². The summed E-state index contributed by atoms with van der Waals surface area (Å²) in [6.07, 6.45) is 1.62. The van der Waals surface area contributed by atoms with Crippen LogP contribution in [-0.2, 0) is 14.8 Å². The van der Waals surface area contributed by atoms with E-state index < -0.39 is 16.1 Å². The fourth-order valence-electron chi connectivity index (χ4n) is 2.63. The lowest BCUT2D eigenvalue weighted by molar-refractivity contribution is -0.123. The number of nitrogens with one attached hydrogen (secondary N) is 2. The maximum atomic E-state index is 12.4. The Morgan fingerprint density at radius 2 is 1.85 bits per heavy atom. The molecule has 142 valence electrons. The maximum absolute atomic E-state index is 12.4. The van der Waals surface area contributed by atoms with E-state index in [0.717, 1.165) is 11.0 Å². The van der Waals surface area contributed by atoms with E-state index in [1.807, 2.05) is 24.3 Å². The van der Waals surface area contributed by atoms with Crippen molar-refractivity contribution in [2.75, 3.05) is 13.1 Å². The number of rotatable bonds is 7. The minimum atomic E-state index is -3.64. The van der Waals surface area contributed by atoms with E-state index in [-0.39, 0.29) is 23.9 Å². The van der Waals surface area contributed by atoms with Crippen LogP contribution in [0, 0.1) is 0 Å². The lowest BCUT2D eigenvalue weighted by atomic mass is 10.2. The Hall–Kier alpha value is -2.42. The molecule has 0 aliphatic heterocycles. The molecule has 0 saturated carbocycles. The number of halogens is 1. The first-order chi connectivity index (χ1) is 12.9. The number of hydrogen-bond acceptors (Lipinski definition) is 4. The third-order valence-electron chi connectivity index (χ3n) is 4.12. The summed E-state index contributed by atoms with van der Waals surface area (Å²) in [4.78, 5) is 16.8. The number of sulfonamides is 1. The van der Waals surface area contributed by atoms with E-state index in [1.165, 1.54) is 24.3 Å². The molecule has 0 spiro atoms. The Morgan fingerprint density at radius 1 is 1.15 bits per heavy atom. The van der Waals surface area contributed by atoms with Gasteiger partial charge in [0.1, 0.15) is 6.04 Å². The lowest BCUT2D eigenvalue weighted by Gasteiger charge is -2.15. The maximum Gasteiger partial charge on any atom is 0.242 e. The van der Waals surface area contributed by atoms with Gasteiger partial charge in [-0.25, -0.2) is 18.1 Å². The number of imidazole rings is 1. The van der Waals surface area contributed by atoms with Crippen molar-refractivity contribution in [1.82, 2.24) is 19.6 Å². The Kier molecular flexibility index (Phi) is 5.79. The molecule has 1 aromatic heterocycles. The zero-order chi connectivity index (χ0) is 19.4. The quantitative estimate of drug-likeness (QED) is 0.589. The monoisotopic (exact) mass is 406 g/mol. The molecule has 1 unspecified atom stereocenters. The summed E-state index contributed by atoms with van der Waals surface area (Å²) in [5, 5.41) is 3.19. The van der Waals surface area contributed by atoms with Gasteiger partial charge in [-0.2, -0.15) is 0 Å². The highest BCUT2D eigenvalue weighted by Crippen LogP contribution is 2.17. The van der Waals surface area contributed by atoms with Gasteiger partial charge in [-0.15, -0.1) is 0 Å². The highest BCUT2D eigenvalue weighted by Gasteiger charge is 2.17. The average molecular weight is 407 g/mol. The predicted octanol–water partition coefficient (Wildman–Crippen LogP) is 2.35. The zero-order valence-corrected chi connectivity index (χ0v) is 16.2. The number of aromatic nitrogens is 2. The summed E-state index contributed by atoms with van der Waals surface area (Å²) < 4.78 is 28.6. The minimum absolute atomic E-state index is 0.0775.